The molecular formula is C58H110. The van der Waals surface area contributed by atoms with Crippen molar-refractivity contribution in [3.8, 4) is 0 Å². The lowest BCUT2D eigenvalue weighted by Gasteiger charge is -2.28. The quantitative estimate of drug-likeness (QED) is 0.0576. The minimum absolute atomic E-state index is 1.26. The van der Waals surface area contributed by atoms with Gasteiger partial charge in [0.1, 0.15) is 0 Å². The molecule has 0 radical (unpaired) electrons. The van der Waals surface area contributed by atoms with Crippen LogP contribution in [0.3, 0.4) is 0 Å². The molecule has 0 aliphatic heterocycles. The average molecular weight is 808 g/mol. The molecule has 1 aromatic rings. The Bertz CT molecular complexity index is 919. The zero-order chi connectivity index (χ0) is 42.0. The van der Waals surface area contributed by atoms with E-state index < -0.39 is 0 Å². The molecule has 0 amide bonds. The molecule has 1 aromatic carbocycles. The molecule has 58 heavy (non-hydrogen) atoms. The molecule has 0 heteroatoms. The molecule has 0 fully saturated rings. The highest BCUT2D eigenvalue weighted by Crippen LogP contribution is 2.36. The van der Waals surface area contributed by atoms with E-state index in [2.05, 4.69) is 41.5 Å². The molecule has 0 nitrogen and oxygen atoms in total. The molecule has 0 saturated carbocycles. The lowest BCUT2D eigenvalue weighted by atomic mass is 9.77. The topological polar surface area (TPSA) is 0 Å². The van der Waals surface area contributed by atoms with Crippen molar-refractivity contribution in [3.05, 3.63) is 33.4 Å². The number of unbranched alkanes of at least 4 members (excludes halogenated alkanes) is 35. The lowest BCUT2D eigenvalue weighted by molar-refractivity contribution is 0.560. The van der Waals surface area contributed by atoms with Crippen LogP contribution in [-0.4, -0.2) is 0 Å². The molecule has 0 spiro atoms. The summed E-state index contributed by atoms with van der Waals surface area (Å²) < 4.78 is 0. The van der Waals surface area contributed by atoms with E-state index in [1.807, 2.05) is 33.4 Å². The third kappa shape index (κ3) is 28.7. The van der Waals surface area contributed by atoms with Crippen LogP contribution in [0.1, 0.15) is 332 Å². The van der Waals surface area contributed by atoms with Crippen LogP contribution in [-0.2, 0) is 38.5 Å². The summed E-state index contributed by atoms with van der Waals surface area (Å²) >= 11 is 0. The Kier molecular flexibility index (Phi) is 40.8. The van der Waals surface area contributed by atoms with Crippen molar-refractivity contribution in [1.82, 2.24) is 0 Å². The summed E-state index contributed by atoms with van der Waals surface area (Å²) in [6, 6.07) is 0. The summed E-state index contributed by atoms with van der Waals surface area (Å²) in [6.45, 7) is 14.3. The summed E-state index contributed by atoms with van der Waals surface area (Å²) in [7, 11) is 0. The van der Waals surface area contributed by atoms with Gasteiger partial charge in [-0.25, -0.2) is 0 Å². The monoisotopic (exact) mass is 807 g/mol. The molecule has 0 aliphatic rings. The maximum Gasteiger partial charge on any atom is -0.0273 e. The van der Waals surface area contributed by atoms with Gasteiger partial charge in [-0.3, -0.25) is 0 Å². The summed E-state index contributed by atoms with van der Waals surface area (Å²) in [6.07, 6.45) is 65.3. The minimum Gasteiger partial charge on any atom is -0.0654 e. The Balaban J connectivity index is 3.46. The summed E-state index contributed by atoms with van der Waals surface area (Å²) in [5.74, 6) is 0. The van der Waals surface area contributed by atoms with E-state index >= 15 is 0 Å². The summed E-state index contributed by atoms with van der Waals surface area (Å²) in [4.78, 5) is 0. The number of rotatable bonds is 46. The fraction of sp³-hybridized carbons (Fsp3) is 0.897. The van der Waals surface area contributed by atoms with Crippen molar-refractivity contribution in [2.45, 2.75) is 337 Å². The zero-order valence-electron chi connectivity index (χ0n) is 41.5. The molecular weight excluding hydrogens is 697 g/mol. The Morgan fingerprint density at radius 2 is 0.293 bits per heavy atom. The number of benzene rings is 1. The van der Waals surface area contributed by atoms with Gasteiger partial charge in [-0.2, -0.15) is 0 Å². The molecule has 0 N–H and O–H groups in total. The molecule has 0 saturated heterocycles. The first-order valence-corrected chi connectivity index (χ1v) is 27.9. The van der Waals surface area contributed by atoms with Gasteiger partial charge in [0.15, 0.2) is 0 Å². The van der Waals surface area contributed by atoms with Crippen molar-refractivity contribution in [3.63, 3.8) is 0 Å². The smallest absolute Gasteiger partial charge is 0.0273 e. The fourth-order valence-electron chi connectivity index (χ4n) is 10.2. The van der Waals surface area contributed by atoms with E-state index in [1.165, 1.54) is 295 Å². The minimum atomic E-state index is 1.26. The van der Waals surface area contributed by atoms with Crippen molar-refractivity contribution in [2.75, 3.05) is 0 Å². The molecule has 0 aliphatic carbocycles. The maximum absolute atomic E-state index is 2.54. The third-order valence-electron chi connectivity index (χ3n) is 13.9. The summed E-state index contributed by atoms with van der Waals surface area (Å²) in [5, 5.41) is 0. The van der Waals surface area contributed by atoms with E-state index in [0.29, 0.717) is 0 Å². The first-order chi connectivity index (χ1) is 28.7. The third-order valence-corrected chi connectivity index (χ3v) is 13.9. The molecule has 0 aromatic heterocycles. The second-order valence-electron chi connectivity index (χ2n) is 19.3. The van der Waals surface area contributed by atoms with Gasteiger partial charge in [-0.05, 0) is 104 Å². The highest BCUT2D eigenvalue weighted by atomic mass is 14.3. The maximum atomic E-state index is 2.54. The highest BCUT2D eigenvalue weighted by Gasteiger charge is 2.22. The average Bonchev–Trinajstić information content (AvgIpc) is 3.23. The van der Waals surface area contributed by atoms with Crippen molar-refractivity contribution >= 4 is 0 Å². The van der Waals surface area contributed by atoms with E-state index in [1.54, 1.807) is 0 Å². The van der Waals surface area contributed by atoms with Gasteiger partial charge in [0, 0.05) is 0 Å². The second kappa shape index (κ2) is 42.9. The van der Waals surface area contributed by atoms with Gasteiger partial charge in [0.2, 0.25) is 0 Å². The van der Waals surface area contributed by atoms with Gasteiger partial charge in [0.25, 0.3) is 0 Å². The van der Waals surface area contributed by atoms with Gasteiger partial charge < -0.3 is 0 Å². The Morgan fingerprint density at radius 3 is 0.448 bits per heavy atom. The first-order valence-electron chi connectivity index (χ1n) is 27.9. The predicted molar refractivity (Wildman–Crippen MR) is 267 cm³/mol. The molecule has 1 rings (SSSR count). The normalized spacial score (nSPS) is 11.7. The largest absolute Gasteiger partial charge is 0.0654 e. The lowest BCUT2D eigenvalue weighted by Crippen LogP contribution is -2.15. The zero-order valence-corrected chi connectivity index (χ0v) is 41.5. The number of hydrogen-bond acceptors (Lipinski definition) is 0. The van der Waals surface area contributed by atoms with Crippen LogP contribution in [0, 0.1) is 0 Å². The van der Waals surface area contributed by atoms with E-state index in [-0.39, 0.29) is 0 Å². The van der Waals surface area contributed by atoms with E-state index in [0.717, 1.165) is 0 Å². The van der Waals surface area contributed by atoms with Crippen LogP contribution in [0.25, 0.3) is 0 Å². The molecule has 0 bridgehead atoms. The first kappa shape index (κ1) is 55.2. The Hall–Kier alpha value is -0.780. The predicted octanol–water partition coefficient (Wildman–Crippen LogP) is 20.7. The summed E-state index contributed by atoms with van der Waals surface area (Å²) in [5.41, 5.74) is 11.4. The van der Waals surface area contributed by atoms with Gasteiger partial charge in [-0.1, -0.05) is 266 Å². The fourth-order valence-corrected chi connectivity index (χ4v) is 10.2. The van der Waals surface area contributed by atoms with Crippen LogP contribution < -0.4 is 0 Å². The molecule has 0 unspecified atom stereocenters. The molecule has 0 heterocycles. The Labute approximate surface area is 368 Å². The van der Waals surface area contributed by atoms with Crippen LogP contribution in [0.4, 0.5) is 0 Å². The standard InChI is InChI=1S/C58H110/c1-7-13-18-23-28-33-38-43-48-54-53(12-6)55(49-44-39-34-29-24-19-14-8-2)57(51-46-41-36-31-26-21-16-10-4)58(52-47-42-37-32-27-22-17-11-5)56(54)50-45-40-35-30-25-20-15-9-3/h7-52H2,1-6H3. The van der Waals surface area contributed by atoms with Crippen molar-refractivity contribution in [1.29, 1.82) is 0 Å². The molecule has 0 atom stereocenters. The van der Waals surface area contributed by atoms with E-state index in [4.69, 9.17) is 0 Å². The van der Waals surface area contributed by atoms with Crippen molar-refractivity contribution < 1.29 is 0 Å². The van der Waals surface area contributed by atoms with Crippen LogP contribution in [0.15, 0.2) is 0 Å². The second-order valence-corrected chi connectivity index (χ2v) is 19.3. The highest BCUT2D eigenvalue weighted by molar-refractivity contribution is 5.53. The number of hydrogen-bond donors (Lipinski definition) is 0. The van der Waals surface area contributed by atoms with Crippen LogP contribution in [0.2, 0.25) is 0 Å². The van der Waals surface area contributed by atoms with E-state index in [9.17, 15) is 0 Å². The molecule has 342 valence electrons. The SMILES string of the molecule is CCCCCCCCCCc1c(CC)c(CCCCCCCCCC)c(CCCCCCCCCC)c(CCCCCCCCCC)c1CCCCCCCCCC. The van der Waals surface area contributed by atoms with Gasteiger partial charge >= 0.3 is 0 Å². The Morgan fingerprint density at radius 1 is 0.155 bits per heavy atom. The van der Waals surface area contributed by atoms with Crippen LogP contribution >= 0.6 is 0 Å². The van der Waals surface area contributed by atoms with Gasteiger partial charge in [-0.15, -0.1) is 0 Å². The van der Waals surface area contributed by atoms with Crippen molar-refractivity contribution in [2.24, 2.45) is 0 Å². The van der Waals surface area contributed by atoms with Gasteiger partial charge in [0.05, 0.1) is 0 Å². The van der Waals surface area contributed by atoms with Crippen LogP contribution in [0.5, 0.6) is 0 Å².